The average Bonchev–Trinajstić information content (AvgIpc) is 2.87. The van der Waals surface area contributed by atoms with Gasteiger partial charge in [0.1, 0.15) is 5.82 Å². The van der Waals surface area contributed by atoms with E-state index in [1.165, 1.54) is 62.6 Å². The number of pyridine rings is 1. The highest BCUT2D eigenvalue weighted by atomic mass is 15.0. The molecule has 0 spiro atoms. The van der Waals surface area contributed by atoms with Crippen molar-refractivity contribution in [3.8, 4) is 0 Å². The Labute approximate surface area is 110 Å². The number of hydrogen-bond acceptors (Lipinski definition) is 2. The lowest BCUT2D eigenvalue weighted by Crippen LogP contribution is -2.26. The molecule has 2 aliphatic carbocycles. The zero-order chi connectivity index (χ0) is 12.4. The summed E-state index contributed by atoms with van der Waals surface area (Å²) in [4.78, 5) is 4.78. The van der Waals surface area contributed by atoms with E-state index in [4.69, 9.17) is 4.98 Å². The summed E-state index contributed by atoms with van der Waals surface area (Å²) in [6, 6.07) is 5.10. The fraction of sp³-hybridized carbons (Fsp3) is 0.688. The number of fused-ring (bicyclic) bond motifs is 1. The minimum Gasteiger partial charge on any atom is -0.367 e. The zero-order valence-electron chi connectivity index (χ0n) is 11.4. The van der Waals surface area contributed by atoms with Gasteiger partial charge in [0.15, 0.2) is 0 Å². The van der Waals surface area contributed by atoms with Gasteiger partial charge in [-0.05, 0) is 62.5 Å². The first-order valence-electron chi connectivity index (χ1n) is 7.60. The summed E-state index contributed by atoms with van der Waals surface area (Å²) in [5, 5.41) is 3.64. The molecule has 0 saturated heterocycles. The van der Waals surface area contributed by atoms with Crippen molar-refractivity contribution < 1.29 is 0 Å². The first-order valence-corrected chi connectivity index (χ1v) is 7.60. The topological polar surface area (TPSA) is 24.9 Å². The smallest absolute Gasteiger partial charge is 0.126 e. The van der Waals surface area contributed by atoms with Crippen LogP contribution in [0.5, 0.6) is 0 Å². The summed E-state index contributed by atoms with van der Waals surface area (Å²) in [6.07, 6.45) is 10.4. The van der Waals surface area contributed by atoms with Gasteiger partial charge in [-0.3, -0.25) is 0 Å². The Morgan fingerprint density at radius 3 is 2.78 bits per heavy atom. The highest BCUT2D eigenvalue weighted by molar-refractivity contribution is 5.41. The minimum atomic E-state index is 0.653. The van der Waals surface area contributed by atoms with Crippen molar-refractivity contribution in [2.24, 2.45) is 5.92 Å². The molecule has 0 bridgehead atoms. The minimum absolute atomic E-state index is 0.653. The van der Waals surface area contributed by atoms with Crippen molar-refractivity contribution in [1.82, 2.24) is 4.98 Å². The Balaban J connectivity index is 1.60. The predicted molar refractivity (Wildman–Crippen MR) is 75.9 cm³/mol. The maximum absolute atomic E-state index is 4.78. The van der Waals surface area contributed by atoms with E-state index in [1.54, 1.807) is 0 Å². The molecule has 18 heavy (non-hydrogen) atoms. The van der Waals surface area contributed by atoms with Crippen LogP contribution in [0.3, 0.4) is 0 Å². The predicted octanol–water partition coefficient (Wildman–Crippen LogP) is 3.95. The molecule has 0 radical (unpaired) electrons. The van der Waals surface area contributed by atoms with Crippen LogP contribution in [0.2, 0.25) is 0 Å². The molecule has 1 fully saturated rings. The van der Waals surface area contributed by atoms with Crippen LogP contribution < -0.4 is 5.32 Å². The first kappa shape index (κ1) is 12.0. The fourth-order valence-corrected chi connectivity index (χ4v) is 3.43. The molecule has 1 aromatic heterocycles. The van der Waals surface area contributed by atoms with E-state index in [0.29, 0.717) is 6.04 Å². The molecule has 0 unspecified atom stereocenters. The average molecular weight is 244 g/mol. The number of anilines is 1. The van der Waals surface area contributed by atoms with Crippen molar-refractivity contribution >= 4 is 5.82 Å². The van der Waals surface area contributed by atoms with Crippen LogP contribution in [0.4, 0.5) is 5.82 Å². The van der Waals surface area contributed by atoms with Crippen LogP contribution in [0.15, 0.2) is 12.1 Å². The van der Waals surface area contributed by atoms with E-state index in [0.717, 1.165) is 11.7 Å². The van der Waals surface area contributed by atoms with Gasteiger partial charge in [-0.25, -0.2) is 4.98 Å². The van der Waals surface area contributed by atoms with Gasteiger partial charge < -0.3 is 5.32 Å². The van der Waals surface area contributed by atoms with Gasteiger partial charge in [-0.2, -0.15) is 0 Å². The second-order valence-corrected chi connectivity index (χ2v) is 5.93. The lowest BCUT2D eigenvalue weighted by Gasteiger charge is -2.28. The Kier molecular flexibility index (Phi) is 3.53. The fourth-order valence-electron chi connectivity index (χ4n) is 3.43. The Bertz CT molecular complexity index is 406. The van der Waals surface area contributed by atoms with Crippen LogP contribution in [0.25, 0.3) is 0 Å². The highest BCUT2D eigenvalue weighted by Crippen LogP contribution is 2.29. The molecular formula is C16H24N2. The number of aryl methyl sites for hydroxylation is 2. The van der Waals surface area contributed by atoms with E-state index < -0.39 is 0 Å². The van der Waals surface area contributed by atoms with Crippen LogP contribution in [-0.2, 0) is 12.8 Å². The van der Waals surface area contributed by atoms with Gasteiger partial charge in [0.2, 0.25) is 0 Å². The summed E-state index contributed by atoms with van der Waals surface area (Å²) < 4.78 is 0. The zero-order valence-corrected chi connectivity index (χ0v) is 11.4. The number of rotatable bonds is 3. The maximum atomic E-state index is 4.78. The Hall–Kier alpha value is -1.05. The van der Waals surface area contributed by atoms with E-state index in [1.807, 2.05) is 0 Å². The molecule has 2 nitrogen and oxygen atoms in total. The molecule has 2 heteroatoms. The third kappa shape index (κ3) is 2.52. The van der Waals surface area contributed by atoms with Gasteiger partial charge in [0.05, 0.1) is 0 Å². The first-order chi connectivity index (χ1) is 8.85. The molecule has 1 heterocycles. The Morgan fingerprint density at radius 2 is 2.00 bits per heavy atom. The quantitative estimate of drug-likeness (QED) is 0.870. The highest BCUT2D eigenvalue weighted by Gasteiger charge is 2.20. The van der Waals surface area contributed by atoms with Crippen molar-refractivity contribution in [3.05, 3.63) is 23.4 Å². The van der Waals surface area contributed by atoms with Gasteiger partial charge in [0.25, 0.3) is 0 Å². The molecule has 0 aliphatic heterocycles. The van der Waals surface area contributed by atoms with Crippen molar-refractivity contribution in [3.63, 3.8) is 0 Å². The summed E-state index contributed by atoms with van der Waals surface area (Å²) in [6.45, 7) is 2.32. The number of nitrogens with one attached hydrogen (secondary N) is 1. The largest absolute Gasteiger partial charge is 0.367 e. The lowest BCUT2D eigenvalue weighted by atomic mass is 9.84. The van der Waals surface area contributed by atoms with Crippen LogP contribution in [0.1, 0.15) is 56.7 Å². The van der Waals surface area contributed by atoms with Gasteiger partial charge in [-0.15, -0.1) is 0 Å². The molecule has 1 aromatic rings. The molecule has 1 N–H and O–H groups in total. The molecule has 0 amide bonds. The molecule has 3 rings (SSSR count). The summed E-state index contributed by atoms with van der Waals surface area (Å²) in [5.74, 6) is 2.08. The Morgan fingerprint density at radius 1 is 1.17 bits per heavy atom. The van der Waals surface area contributed by atoms with Gasteiger partial charge >= 0.3 is 0 Å². The number of nitrogens with zero attached hydrogens (tertiary/aromatic N) is 1. The van der Waals surface area contributed by atoms with Gasteiger partial charge in [0, 0.05) is 11.7 Å². The van der Waals surface area contributed by atoms with Gasteiger partial charge in [-0.1, -0.05) is 19.4 Å². The second kappa shape index (κ2) is 5.29. The normalized spacial score (nSPS) is 26.9. The third-order valence-electron chi connectivity index (χ3n) is 4.70. The van der Waals surface area contributed by atoms with E-state index >= 15 is 0 Å². The van der Waals surface area contributed by atoms with E-state index in [9.17, 15) is 0 Å². The summed E-state index contributed by atoms with van der Waals surface area (Å²) in [7, 11) is 0. The molecule has 1 saturated carbocycles. The summed E-state index contributed by atoms with van der Waals surface area (Å²) >= 11 is 0. The molecular weight excluding hydrogens is 220 g/mol. The molecule has 98 valence electrons. The van der Waals surface area contributed by atoms with Crippen molar-refractivity contribution in [2.45, 2.75) is 64.3 Å². The van der Waals surface area contributed by atoms with E-state index in [2.05, 4.69) is 24.4 Å². The summed E-state index contributed by atoms with van der Waals surface area (Å²) in [5.41, 5.74) is 2.80. The second-order valence-electron chi connectivity index (χ2n) is 5.93. The van der Waals surface area contributed by atoms with Crippen molar-refractivity contribution in [2.75, 3.05) is 5.32 Å². The monoisotopic (exact) mass is 244 g/mol. The number of aromatic nitrogens is 1. The van der Waals surface area contributed by atoms with Crippen LogP contribution in [0, 0.1) is 5.92 Å². The van der Waals surface area contributed by atoms with E-state index in [-0.39, 0.29) is 0 Å². The lowest BCUT2D eigenvalue weighted by molar-refractivity contribution is 0.330. The standard InChI is InChI=1S/C16H24N2/c1-2-12-6-9-14(10-7-12)17-16-11-8-13-4-3-5-15(13)18-16/h8,11-12,14H,2-7,9-10H2,1H3,(H,17,18). The SMILES string of the molecule is CCC1CCC(Nc2ccc3c(n2)CCC3)CC1. The molecule has 0 aromatic carbocycles. The molecule has 2 aliphatic rings. The third-order valence-corrected chi connectivity index (χ3v) is 4.70. The van der Waals surface area contributed by atoms with Crippen LogP contribution >= 0.6 is 0 Å². The number of hydrogen-bond donors (Lipinski definition) is 1. The van der Waals surface area contributed by atoms with Crippen LogP contribution in [-0.4, -0.2) is 11.0 Å². The van der Waals surface area contributed by atoms with Crippen molar-refractivity contribution in [1.29, 1.82) is 0 Å². The maximum Gasteiger partial charge on any atom is 0.126 e. The molecule has 0 atom stereocenters.